The highest BCUT2D eigenvalue weighted by Crippen LogP contribution is 2.35. The van der Waals surface area contributed by atoms with Gasteiger partial charge in [0.1, 0.15) is 0 Å². The Morgan fingerprint density at radius 3 is 1.70 bits per heavy atom. The standard InChI is InChI=1S/C18H36N2/c1-20(15-17-11-12-17)18(16-19)13-9-7-5-3-2-4-6-8-10-14-18/h17H,2-16,19H2,1H3. The zero-order valence-corrected chi connectivity index (χ0v) is 13.7. The first kappa shape index (κ1) is 16.3. The van der Waals surface area contributed by atoms with Crippen LogP contribution >= 0.6 is 0 Å². The third-order valence-electron chi connectivity index (χ3n) is 5.70. The van der Waals surface area contributed by atoms with Crippen LogP contribution in [0.2, 0.25) is 0 Å². The molecule has 2 nitrogen and oxygen atoms in total. The lowest BCUT2D eigenvalue weighted by molar-refractivity contribution is 0.0930. The summed E-state index contributed by atoms with van der Waals surface area (Å²) in [7, 11) is 2.34. The van der Waals surface area contributed by atoms with Crippen LogP contribution in [0.1, 0.15) is 83.5 Å². The second-order valence-electron chi connectivity index (χ2n) is 7.43. The molecule has 2 N–H and O–H groups in total. The summed E-state index contributed by atoms with van der Waals surface area (Å²) in [6.45, 7) is 2.15. The van der Waals surface area contributed by atoms with Crippen molar-refractivity contribution in [1.82, 2.24) is 4.90 Å². The van der Waals surface area contributed by atoms with Gasteiger partial charge in [0, 0.05) is 18.6 Å². The summed E-state index contributed by atoms with van der Waals surface area (Å²) >= 11 is 0. The molecule has 2 heteroatoms. The molecule has 0 radical (unpaired) electrons. The molecule has 2 aliphatic carbocycles. The molecule has 0 bridgehead atoms. The molecule has 0 aromatic rings. The molecule has 0 amide bonds. The largest absolute Gasteiger partial charge is 0.329 e. The summed E-state index contributed by atoms with van der Waals surface area (Å²) in [6.07, 6.45) is 18.4. The summed E-state index contributed by atoms with van der Waals surface area (Å²) in [6, 6.07) is 0. The third-order valence-corrected chi connectivity index (χ3v) is 5.70. The van der Waals surface area contributed by atoms with Crippen molar-refractivity contribution in [2.24, 2.45) is 11.7 Å². The van der Waals surface area contributed by atoms with E-state index in [4.69, 9.17) is 5.73 Å². The molecule has 118 valence electrons. The van der Waals surface area contributed by atoms with Gasteiger partial charge >= 0.3 is 0 Å². The average Bonchev–Trinajstić information content (AvgIpc) is 3.24. The van der Waals surface area contributed by atoms with E-state index in [-0.39, 0.29) is 0 Å². The van der Waals surface area contributed by atoms with Crippen LogP contribution in [0.4, 0.5) is 0 Å². The van der Waals surface area contributed by atoms with Gasteiger partial charge in [0.25, 0.3) is 0 Å². The zero-order chi connectivity index (χ0) is 14.3. The molecule has 0 aliphatic heterocycles. The molecule has 20 heavy (non-hydrogen) atoms. The Kier molecular flexibility index (Phi) is 6.83. The first-order valence-corrected chi connectivity index (χ1v) is 9.18. The van der Waals surface area contributed by atoms with Gasteiger partial charge in [0.15, 0.2) is 0 Å². The monoisotopic (exact) mass is 280 g/mol. The van der Waals surface area contributed by atoms with E-state index in [9.17, 15) is 0 Å². The Bertz CT molecular complexity index is 248. The molecule has 0 unspecified atom stereocenters. The highest BCUT2D eigenvalue weighted by Gasteiger charge is 2.35. The number of hydrogen-bond acceptors (Lipinski definition) is 2. The fourth-order valence-electron chi connectivity index (χ4n) is 3.89. The number of likely N-dealkylation sites (N-methyl/N-ethyl adjacent to an activating group) is 1. The van der Waals surface area contributed by atoms with Gasteiger partial charge < -0.3 is 5.73 Å². The minimum Gasteiger partial charge on any atom is -0.329 e. The van der Waals surface area contributed by atoms with Gasteiger partial charge in [0.05, 0.1) is 0 Å². The van der Waals surface area contributed by atoms with Crippen LogP contribution in [-0.4, -0.2) is 30.6 Å². The van der Waals surface area contributed by atoms with Gasteiger partial charge in [-0.1, -0.05) is 57.8 Å². The van der Waals surface area contributed by atoms with E-state index in [0.29, 0.717) is 5.54 Å². The van der Waals surface area contributed by atoms with Gasteiger partial charge in [-0.2, -0.15) is 0 Å². The Morgan fingerprint density at radius 1 is 0.850 bits per heavy atom. The second kappa shape index (κ2) is 8.38. The fraction of sp³-hybridized carbons (Fsp3) is 1.00. The van der Waals surface area contributed by atoms with Crippen molar-refractivity contribution in [2.45, 2.75) is 89.0 Å². The number of rotatable bonds is 4. The number of hydrogen-bond donors (Lipinski definition) is 1. The molecule has 0 spiro atoms. The van der Waals surface area contributed by atoms with Gasteiger partial charge in [-0.15, -0.1) is 0 Å². The van der Waals surface area contributed by atoms with Crippen molar-refractivity contribution < 1.29 is 0 Å². The zero-order valence-electron chi connectivity index (χ0n) is 13.7. The smallest absolute Gasteiger partial charge is 0.0328 e. The minimum absolute atomic E-state index is 0.307. The maximum absolute atomic E-state index is 6.27. The van der Waals surface area contributed by atoms with E-state index >= 15 is 0 Å². The summed E-state index contributed by atoms with van der Waals surface area (Å²) in [5, 5.41) is 0. The van der Waals surface area contributed by atoms with Crippen LogP contribution in [0.25, 0.3) is 0 Å². The molecule has 0 atom stereocenters. The number of nitrogens with zero attached hydrogens (tertiary/aromatic N) is 1. The quantitative estimate of drug-likeness (QED) is 0.830. The molecule has 2 aliphatic rings. The van der Waals surface area contributed by atoms with Crippen LogP contribution < -0.4 is 5.73 Å². The predicted octanol–water partition coefficient (Wildman–Crippen LogP) is 4.33. The van der Waals surface area contributed by atoms with Gasteiger partial charge in [0.2, 0.25) is 0 Å². The molecule has 0 aromatic heterocycles. The molecule has 2 rings (SSSR count). The lowest BCUT2D eigenvalue weighted by Crippen LogP contribution is -2.52. The van der Waals surface area contributed by atoms with Crippen LogP contribution in [0, 0.1) is 5.92 Å². The van der Waals surface area contributed by atoms with Crippen LogP contribution in [0.5, 0.6) is 0 Å². The number of nitrogens with two attached hydrogens (primary N) is 1. The van der Waals surface area contributed by atoms with Gasteiger partial charge in [-0.3, -0.25) is 4.90 Å². The Balaban J connectivity index is 1.91. The third kappa shape index (κ3) is 5.04. The van der Waals surface area contributed by atoms with Crippen molar-refractivity contribution in [3.63, 3.8) is 0 Å². The average molecular weight is 280 g/mol. The lowest BCUT2D eigenvalue weighted by Gasteiger charge is -2.42. The molecule has 2 fully saturated rings. The first-order valence-electron chi connectivity index (χ1n) is 9.18. The van der Waals surface area contributed by atoms with Crippen LogP contribution in [0.15, 0.2) is 0 Å². The first-order chi connectivity index (χ1) is 9.77. The van der Waals surface area contributed by atoms with E-state index in [1.165, 1.54) is 90.0 Å². The van der Waals surface area contributed by atoms with Crippen molar-refractivity contribution in [3.8, 4) is 0 Å². The van der Waals surface area contributed by atoms with E-state index in [2.05, 4.69) is 11.9 Å². The molecule has 0 heterocycles. The Labute approximate surface area is 126 Å². The molecule has 0 aromatic carbocycles. The Morgan fingerprint density at radius 2 is 1.30 bits per heavy atom. The molecular weight excluding hydrogens is 244 g/mol. The van der Waals surface area contributed by atoms with E-state index in [1.807, 2.05) is 0 Å². The molecule has 0 saturated heterocycles. The van der Waals surface area contributed by atoms with Gasteiger partial charge in [-0.05, 0) is 38.6 Å². The van der Waals surface area contributed by atoms with E-state index in [1.54, 1.807) is 0 Å². The maximum Gasteiger partial charge on any atom is 0.0328 e. The lowest BCUT2D eigenvalue weighted by atomic mass is 9.84. The highest BCUT2D eigenvalue weighted by atomic mass is 15.2. The minimum atomic E-state index is 0.307. The van der Waals surface area contributed by atoms with Crippen molar-refractivity contribution in [3.05, 3.63) is 0 Å². The van der Waals surface area contributed by atoms with Crippen molar-refractivity contribution in [1.29, 1.82) is 0 Å². The maximum atomic E-state index is 6.27. The van der Waals surface area contributed by atoms with Crippen LogP contribution in [0.3, 0.4) is 0 Å². The SMILES string of the molecule is CN(CC1CC1)C1(CN)CCCCCCCCCCC1. The predicted molar refractivity (Wildman–Crippen MR) is 87.9 cm³/mol. The van der Waals surface area contributed by atoms with Crippen molar-refractivity contribution >= 4 is 0 Å². The summed E-state index contributed by atoms with van der Waals surface area (Å²) in [5.41, 5.74) is 6.58. The van der Waals surface area contributed by atoms with Crippen molar-refractivity contribution in [2.75, 3.05) is 20.1 Å². The summed E-state index contributed by atoms with van der Waals surface area (Å²) in [4.78, 5) is 2.65. The highest BCUT2D eigenvalue weighted by molar-refractivity contribution is 4.92. The summed E-state index contributed by atoms with van der Waals surface area (Å²) < 4.78 is 0. The van der Waals surface area contributed by atoms with E-state index < -0.39 is 0 Å². The topological polar surface area (TPSA) is 29.3 Å². The van der Waals surface area contributed by atoms with E-state index in [0.717, 1.165) is 12.5 Å². The summed E-state index contributed by atoms with van der Waals surface area (Å²) in [5.74, 6) is 0.977. The van der Waals surface area contributed by atoms with Gasteiger partial charge in [-0.25, -0.2) is 0 Å². The van der Waals surface area contributed by atoms with Crippen LogP contribution in [-0.2, 0) is 0 Å². The molecule has 2 saturated carbocycles. The molecular formula is C18H36N2. The second-order valence-corrected chi connectivity index (χ2v) is 7.43. The normalized spacial score (nSPS) is 25.9. The fourth-order valence-corrected chi connectivity index (χ4v) is 3.89. The Hall–Kier alpha value is -0.0800.